The summed E-state index contributed by atoms with van der Waals surface area (Å²) in [7, 11) is 1.71. The molecule has 0 saturated heterocycles. The SMILES string of the molecule is COC1CCC(N2C(=O)CNc3ncc[n+]([O-])c32)CC1. The Balaban J connectivity index is 1.88. The number of carbonyl (C=O) groups excluding carboxylic acids is 1. The van der Waals surface area contributed by atoms with Gasteiger partial charge in [-0.3, -0.25) is 0 Å². The van der Waals surface area contributed by atoms with E-state index in [1.54, 1.807) is 12.0 Å². The van der Waals surface area contributed by atoms with Gasteiger partial charge in [0, 0.05) is 7.11 Å². The van der Waals surface area contributed by atoms with Gasteiger partial charge < -0.3 is 15.3 Å². The van der Waals surface area contributed by atoms with Crippen molar-refractivity contribution in [3.05, 3.63) is 17.6 Å². The van der Waals surface area contributed by atoms with Gasteiger partial charge in [-0.05, 0) is 25.7 Å². The van der Waals surface area contributed by atoms with Crippen molar-refractivity contribution in [2.45, 2.75) is 37.8 Å². The van der Waals surface area contributed by atoms with Gasteiger partial charge in [0.15, 0.2) is 0 Å². The Kier molecular flexibility index (Phi) is 3.43. The van der Waals surface area contributed by atoms with E-state index in [0.29, 0.717) is 11.6 Å². The normalized spacial score (nSPS) is 26.1. The minimum absolute atomic E-state index is 0.0548. The first-order chi connectivity index (χ1) is 9.70. The molecule has 1 aliphatic carbocycles. The lowest BCUT2D eigenvalue weighted by Crippen LogP contribution is -2.53. The number of rotatable bonds is 2. The standard InChI is InChI=1S/C13H18N4O3/c1-20-10-4-2-9(3-5-10)17-11(18)8-15-12-13(17)16(19)7-6-14-12/h6-7,9-10H,2-5,8H2,1H3,(H,14,15). The highest BCUT2D eigenvalue weighted by Crippen LogP contribution is 2.31. The molecular formula is C13H18N4O3. The number of ether oxygens (including phenoxy) is 1. The largest absolute Gasteiger partial charge is 0.710 e. The fourth-order valence-corrected chi connectivity index (χ4v) is 3.02. The van der Waals surface area contributed by atoms with Crippen molar-refractivity contribution in [2.75, 3.05) is 23.9 Å². The third kappa shape index (κ3) is 2.18. The highest BCUT2D eigenvalue weighted by atomic mass is 16.5. The van der Waals surface area contributed by atoms with E-state index in [1.807, 2.05) is 0 Å². The number of aromatic nitrogens is 2. The Morgan fingerprint density at radius 2 is 2.20 bits per heavy atom. The van der Waals surface area contributed by atoms with E-state index in [1.165, 1.54) is 12.4 Å². The summed E-state index contributed by atoms with van der Waals surface area (Å²) in [5, 5.41) is 14.9. The van der Waals surface area contributed by atoms with Gasteiger partial charge in [-0.1, -0.05) is 0 Å². The van der Waals surface area contributed by atoms with Crippen LogP contribution in [-0.4, -0.2) is 36.7 Å². The first-order valence-corrected chi connectivity index (χ1v) is 6.87. The Morgan fingerprint density at radius 1 is 1.45 bits per heavy atom. The van der Waals surface area contributed by atoms with E-state index in [2.05, 4.69) is 10.3 Å². The molecule has 1 saturated carbocycles. The summed E-state index contributed by atoms with van der Waals surface area (Å²) in [5.74, 6) is 0.733. The van der Waals surface area contributed by atoms with Crippen LogP contribution < -0.4 is 14.9 Å². The van der Waals surface area contributed by atoms with Crippen LogP contribution in [0.15, 0.2) is 12.4 Å². The van der Waals surface area contributed by atoms with Gasteiger partial charge in [-0.2, -0.15) is 4.90 Å². The fraction of sp³-hybridized carbons (Fsp3) is 0.615. The van der Waals surface area contributed by atoms with Crippen LogP contribution in [0.2, 0.25) is 0 Å². The molecule has 7 heteroatoms. The predicted octanol–water partition coefficient (Wildman–Crippen LogP) is 0.431. The van der Waals surface area contributed by atoms with Crippen LogP contribution in [0.1, 0.15) is 25.7 Å². The average Bonchev–Trinajstić information content (AvgIpc) is 2.48. The molecule has 2 aliphatic rings. The molecule has 1 N–H and O–H groups in total. The van der Waals surface area contributed by atoms with Gasteiger partial charge in [0.25, 0.3) is 0 Å². The zero-order chi connectivity index (χ0) is 14.1. The van der Waals surface area contributed by atoms with Crippen molar-refractivity contribution in [1.82, 2.24) is 4.98 Å². The zero-order valence-corrected chi connectivity index (χ0v) is 11.4. The van der Waals surface area contributed by atoms with Crippen LogP contribution in [0, 0.1) is 5.21 Å². The van der Waals surface area contributed by atoms with E-state index < -0.39 is 0 Å². The number of nitrogens with zero attached hydrogens (tertiary/aromatic N) is 3. The van der Waals surface area contributed by atoms with Gasteiger partial charge in [-0.25, -0.2) is 14.5 Å². The summed E-state index contributed by atoms with van der Waals surface area (Å²) in [5.41, 5.74) is 0. The van der Waals surface area contributed by atoms with E-state index in [9.17, 15) is 10.0 Å². The topological polar surface area (TPSA) is 81.4 Å². The van der Waals surface area contributed by atoms with Gasteiger partial charge in [0.2, 0.25) is 5.82 Å². The number of carbonyl (C=O) groups is 1. The number of fused-ring (bicyclic) bond motifs is 1. The molecule has 108 valence electrons. The molecule has 1 fully saturated rings. The Bertz CT molecular complexity index is 514. The number of hydrogen-bond acceptors (Lipinski definition) is 5. The lowest BCUT2D eigenvalue weighted by atomic mass is 9.91. The summed E-state index contributed by atoms with van der Waals surface area (Å²) in [6.07, 6.45) is 6.54. The first kappa shape index (κ1) is 13.1. The van der Waals surface area contributed by atoms with E-state index in [4.69, 9.17) is 4.74 Å². The van der Waals surface area contributed by atoms with Gasteiger partial charge in [-0.15, -0.1) is 0 Å². The number of nitrogens with one attached hydrogen (secondary N) is 1. The summed E-state index contributed by atoms with van der Waals surface area (Å²) < 4.78 is 6.07. The second-order valence-electron chi connectivity index (χ2n) is 5.21. The third-order valence-electron chi connectivity index (χ3n) is 4.07. The maximum absolute atomic E-state index is 12.2. The number of anilines is 2. The number of amides is 1. The third-order valence-corrected chi connectivity index (χ3v) is 4.07. The highest BCUT2D eigenvalue weighted by Gasteiger charge is 2.41. The fourth-order valence-electron chi connectivity index (χ4n) is 3.02. The van der Waals surface area contributed by atoms with E-state index >= 15 is 0 Å². The van der Waals surface area contributed by atoms with Crippen LogP contribution in [0.5, 0.6) is 0 Å². The van der Waals surface area contributed by atoms with Crippen molar-refractivity contribution in [1.29, 1.82) is 0 Å². The monoisotopic (exact) mass is 278 g/mol. The molecule has 1 amide bonds. The number of hydrogen-bond donors (Lipinski definition) is 1. The molecule has 7 nitrogen and oxygen atoms in total. The molecule has 2 heterocycles. The molecule has 0 unspecified atom stereocenters. The molecule has 1 aromatic rings. The van der Waals surface area contributed by atoms with Crippen molar-refractivity contribution in [3.8, 4) is 0 Å². The van der Waals surface area contributed by atoms with Gasteiger partial charge in [0.05, 0.1) is 12.3 Å². The summed E-state index contributed by atoms with van der Waals surface area (Å²) in [6, 6.07) is 0.0548. The smallest absolute Gasteiger partial charge is 0.330 e. The Labute approximate surface area is 117 Å². The van der Waals surface area contributed by atoms with Crippen LogP contribution in [0.25, 0.3) is 0 Å². The molecule has 0 spiro atoms. The first-order valence-electron chi connectivity index (χ1n) is 6.87. The molecule has 3 rings (SSSR count). The quantitative estimate of drug-likeness (QED) is 0.627. The van der Waals surface area contributed by atoms with Crippen LogP contribution >= 0.6 is 0 Å². The number of methoxy groups -OCH3 is 1. The lowest BCUT2D eigenvalue weighted by molar-refractivity contribution is -0.592. The molecule has 0 atom stereocenters. The molecule has 20 heavy (non-hydrogen) atoms. The zero-order valence-electron chi connectivity index (χ0n) is 11.4. The van der Waals surface area contributed by atoms with Crippen molar-refractivity contribution >= 4 is 17.5 Å². The minimum Gasteiger partial charge on any atom is -0.710 e. The Morgan fingerprint density at radius 3 is 2.90 bits per heavy atom. The van der Waals surface area contributed by atoms with Crippen molar-refractivity contribution in [3.63, 3.8) is 0 Å². The van der Waals surface area contributed by atoms with Gasteiger partial charge >= 0.3 is 11.7 Å². The Hall–Kier alpha value is -1.89. The minimum atomic E-state index is -0.0732. The summed E-state index contributed by atoms with van der Waals surface area (Å²) >= 11 is 0. The maximum atomic E-state index is 12.2. The molecule has 0 aromatic carbocycles. The van der Waals surface area contributed by atoms with Crippen LogP contribution in [-0.2, 0) is 9.53 Å². The van der Waals surface area contributed by atoms with Crippen LogP contribution in [0.3, 0.4) is 0 Å². The predicted molar refractivity (Wildman–Crippen MR) is 72.2 cm³/mol. The summed E-state index contributed by atoms with van der Waals surface area (Å²) in [4.78, 5) is 18.0. The molecule has 1 aliphatic heterocycles. The molecule has 0 bridgehead atoms. The van der Waals surface area contributed by atoms with Crippen molar-refractivity contribution < 1.29 is 14.3 Å². The maximum Gasteiger partial charge on any atom is 0.330 e. The van der Waals surface area contributed by atoms with Crippen LogP contribution in [0.4, 0.5) is 11.6 Å². The van der Waals surface area contributed by atoms with Gasteiger partial charge in [0.1, 0.15) is 18.8 Å². The van der Waals surface area contributed by atoms with E-state index in [-0.39, 0.29) is 24.6 Å². The molecular weight excluding hydrogens is 260 g/mol. The lowest BCUT2D eigenvalue weighted by Gasteiger charge is -2.34. The second-order valence-corrected chi connectivity index (χ2v) is 5.21. The average molecular weight is 278 g/mol. The van der Waals surface area contributed by atoms with Crippen molar-refractivity contribution in [2.24, 2.45) is 0 Å². The molecule has 0 radical (unpaired) electrons. The molecule has 1 aromatic heterocycles. The van der Waals surface area contributed by atoms with E-state index in [0.717, 1.165) is 30.4 Å². The highest BCUT2D eigenvalue weighted by molar-refractivity contribution is 6.00. The summed E-state index contributed by atoms with van der Waals surface area (Å²) in [6.45, 7) is 0.189. The second kappa shape index (κ2) is 5.24.